The van der Waals surface area contributed by atoms with Crippen molar-refractivity contribution in [3.63, 3.8) is 0 Å². The van der Waals surface area contributed by atoms with Crippen LogP contribution in [0.3, 0.4) is 0 Å². The largest absolute Gasteiger partial charge is 0.318 e. The van der Waals surface area contributed by atoms with Gasteiger partial charge in [0.2, 0.25) is 10.0 Å². The van der Waals surface area contributed by atoms with Gasteiger partial charge in [0.15, 0.2) is 0 Å². The number of nitrogens with one attached hydrogen (secondary N) is 2. The maximum absolute atomic E-state index is 11.5. The molecule has 0 saturated heterocycles. The molecule has 1 aromatic rings. The zero-order valence-corrected chi connectivity index (χ0v) is 9.00. The SMILES string of the molecule is CNCCNS(=O)(=O)c1cnn(C)c1. The van der Waals surface area contributed by atoms with Gasteiger partial charge in [-0.25, -0.2) is 13.1 Å². The second-order valence-electron chi connectivity index (χ2n) is 2.85. The average Bonchev–Trinajstić information content (AvgIpc) is 2.53. The summed E-state index contributed by atoms with van der Waals surface area (Å²) in [6, 6.07) is 0. The van der Waals surface area contributed by atoms with Gasteiger partial charge >= 0.3 is 0 Å². The number of aryl methyl sites for hydroxylation is 1. The van der Waals surface area contributed by atoms with Crippen LogP contribution in [0.5, 0.6) is 0 Å². The smallest absolute Gasteiger partial charge is 0.243 e. The van der Waals surface area contributed by atoms with Gasteiger partial charge in [0, 0.05) is 26.3 Å². The Bertz CT molecular complexity index is 384. The van der Waals surface area contributed by atoms with E-state index in [4.69, 9.17) is 0 Å². The van der Waals surface area contributed by atoms with E-state index in [2.05, 4.69) is 15.1 Å². The van der Waals surface area contributed by atoms with Crippen LogP contribution in [0.1, 0.15) is 0 Å². The maximum Gasteiger partial charge on any atom is 0.243 e. The predicted octanol–water partition coefficient (Wildman–Crippen LogP) is -1.08. The molecule has 0 atom stereocenters. The van der Waals surface area contributed by atoms with Crippen molar-refractivity contribution in [2.45, 2.75) is 4.90 Å². The molecule has 0 amide bonds. The van der Waals surface area contributed by atoms with Crippen molar-refractivity contribution in [3.05, 3.63) is 12.4 Å². The first-order chi connectivity index (χ1) is 6.56. The highest BCUT2D eigenvalue weighted by Gasteiger charge is 2.14. The van der Waals surface area contributed by atoms with E-state index in [0.717, 1.165) is 0 Å². The van der Waals surface area contributed by atoms with Gasteiger partial charge in [-0.15, -0.1) is 0 Å². The zero-order chi connectivity index (χ0) is 10.6. The van der Waals surface area contributed by atoms with E-state index in [1.807, 2.05) is 0 Å². The van der Waals surface area contributed by atoms with E-state index in [1.165, 1.54) is 17.1 Å². The van der Waals surface area contributed by atoms with Crippen molar-refractivity contribution in [2.24, 2.45) is 7.05 Å². The normalized spacial score (nSPS) is 11.9. The summed E-state index contributed by atoms with van der Waals surface area (Å²) < 4.78 is 27.0. The van der Waals surface area contributed by atoms with E-state index in [0.29, 0.717) is 13.1 Å². The van der Waals surface area contributed by atoms with Crippen LogP contribution in [-0.2, 0) is 17.1 Å². The second kappa shape index (κ2) is 4.54. The topological polar surface area (TPSA) is 76.0 Å². The van der Waals surface area contributed by atoms with Gasteiger partial charge in [0.05, 0.1) is 6.20 Å². The number of sulfonamides is 1. The Morgan fingerprint density at radius 2 is 2.21 bits per heavy atom. The molecular weight excluding hydrogens is 204 g/mol. The minimum absolute atomic E-state index is 0.191. The van der Waals surface area contributed by atoms with Crippen LogP contribution in [-0.4, -0.2) is 38.3 Å². The summed E-state index contributed by atoms with van der Waals surface area (Å²) in [7, 11) is 0.0505. The number of hydrogen-bond acceptors (Lipinski definition) is 4. The molecule has 6 nitrogen and oxygen atoms in total. The molecule has 0 aliphatic rings. The van der Waals surface area contributed by atoms with Crippen LogP contribution in [0, 0.1) is 0 Å². The molecule has 7 heteroatoms. The quantitative estimate of drug-likeness (QED) is 0.616. The van der Waals surface area contributed by atoms with Crippen LogP contribution < -0.4 is 10.0 Å². The number of rotatable bonds is 5. The minimum atomic E-state index is -3.39. The molecule has 0 saturated carbocycles. The van der Waals surface area contributed by atoms with E-state index >= 15 is 0 Å². The van der Waals surface area contributed by atoms with Crippen LogP contribution >= 0.6 is 0 Å². The minimum Gasteiger partial charge on any atom is -0.318 e. The van der Waals surface area contributed by atoms with Gasteiger partial charge in [-0.05, 0) is 7.05 Å². The second-order valence-corrected chi connectivity index (χ2v) is 4.62. The molecule has 0 unspecified atom stereocenters. The molecule has 80 valence electrons. The van der Waals surface area contributed by atoms with E-state index in [9.17, 15) is 8.42 Å². The number of hydrogen-bond donors (Lipinski definition) is 2. The van der Waals surface area contributed by atoms with Gasteiger partial charge in [-0.3, -0.25) is 4.68 Å². The Kier molecular flexibility index (Phi) is 3.62. The Morgan fingerprint density at radius 1 is 1.50 bits per heavy atom. The summed E-state index contributed by atoms with van der Waals surface area (Å²) in [6.07, 6.45) is 2.78. The lowest BCUT2D eigenvalue weighted by Gasteiger charge is -2.02. The molecule has 1 heterocycles. The fraction of sp³-hybridized carbons (Fsp3) is 0.571. The lowest BCUT2D eigenvalue weighted by atomic mass is 10.7. The van der Waals surface area contributed by atoms with Crippen molar-refractivity contribution in [3.8, 4) is 0 Å². The van der Waals surface area contributed by atoms with Crippen LogP contribution in [0.15, 0.2) is 17.3 Å². The molecule has 0 aliphatic heterocycles. The summed E-state index contributed by atoms with van der Waals surface area (Å²) in [5.41, 5.74) is 0. The Balaban J connectivity index is 2.66. The van der Waals surface area contributed by atoms with Gasteiger partial charge in [-0.2, -0.15) is 5.10 Å². The van der Waals surface area contributed by atoms with E-state index in [-0.39, 0.29) is 4.90 Å². The van der Waals surface area contributed by atoms with Gasteiger partial charge in [0.25, 0.3) is 0 Å². The fourth-order valence-corrected chi connectivity index (χ4v) is 1.95. The van der Waals surface area contributed by atoms with E-state index < -0.39 is 10.0 Å². The number of nitrogens with zero attached hydrogens (tertiary/aromatic N) is 2. The zero-order valence-electron chi connectivity index (χ0n) is 8.19. The molecule has 0 aromatic carbocycles. The molecule has 0 fully saturated rings. The first kappa shape index (κ1) is 11.2. The van der Waals surface area contributed by atoms with Crippen LogP contribution in [0.25, 0.3) is 0 Å². The van der Waals surface area contributed by atoms with Gasteiger partial charge in [0.1, 0.15) is 4.90 Å². The highest BCUT2D eigenvalue weighted by atomic mass is 32.2. The third-order valence-electron chi connectivity index (χ3n) is 1.66. The Morgan fingerprint density at radius 3 is 2.71 bits per heavy atom. The monoisotopic (exact) mass is 218 g/mol. The van der Waals surface area contributed by atoms with Crippen LogP contribution in [0.4, 0.5) is 0 Å². The highest BCUT2D eigenvalue weighted by molar-refractivity contribution is 7.89. The molecule has 14 heavy (non-hydrogen) atoms. The summed E-state index contributed by atoms with van der Waals surface area (Å²) in [5, 5.41) is 6.64. The number of aromatic nitrogens is 2. The molecule has 0 bridgehead atoms. The van der Waals surface area contributed by atoms with Crippen molar-refractivity contribution in [2.75, 3.05) is 20.1 Å². The van der Waals surface area contributed by atoms with E-state index in [1.54, 1.807) is 14.1 Å². The summed E-state index contributed by atoms with van der Waals surface area (Å²) in [5.74, 6) is 0. The lowest BCUT2D eigenvalue weighted by molar-refractivity contribution is 0.579. The van der Waals surface area contributed by atoms with Gasteiger partial charge < -0.3 is 5.32 Å². The molecule has 0 radical (unpaired) electrons. The summed E-state index contributed by atoms with van der Waals surface area (Å²) in [4.78, 5) is 0.191. The third-order valence-corrected chi connectivity index (χ3v) is 3.07. The first-order valence-corrected chi connectivity index (χ1v) is 5.67. The lowest BCUT2D eigenvalue weighted by Crippen LogP contribution is -2.30. The molecule has 1 aromatic heterocycles. The third kappa shape index (κ3) is 2.79. The van der Waals surface area contributed by atoms with Crippen molar-refractivity contribution in [1.82, 2.24) is 19.8 Å². The predicted molar refractivity (Wildman–Crippen MR) is 52.3 cm³/mol. The van der Waals surface area contributed by atoms with Gasteiger partial charge in [-0.1, -0.05) is 0 Å². The molecule has 1 rings (SSSR count). The fourth-order valence-electron chi connectivity index (χ4n) is 0.931. The Labute approximate surface area is 83.4 Å². The molecule has 0 spiro atoms. The van der Waals surface area contributed by atoms with Crippen molar-refractivity contribution >= 4 is 10.0 Å². The summed E-state index contributed by atoms with van der Waals surface area (Å²) >= 11 is 0. The average molecular weight is 218 g/mol. The van der Waals surface area contributed by atoms with Crippen molar-refractivity contribution in [1.29, 1.82) is 0 Å². The first-order valence-electron chi connectivity index (χ1n) is 4.19. The highest BCUT2D eigenvalue weighted by Crippen LogP contribution is 2.04. The Hall–Kier alpha value is -0.920. The maximum atomic E-state index is 11.5. The van der Waals surface area contributed by atoms with Crippen molar-refractivity contribution < 1.29 is 8.42 Å². The molecule has 2 N–H and O–H groups in total. The molecular formula is C7H14N4O2S. The van der Waals surface area contributed by atoms with Crippen LogP contribution in [0.2, 0.25) is 0 Å². The standard InChI is InChI=1S/C7H14N4O2S/c1-8-3-4-10-14(12,13)7-5-9-11(2)6-7/h5-6,8,10H,3-4H2,1-2H3. The summed E-state index contributed by atoms with van der Waals surface area (Å²) in [6.45, 7) is 0.965. The molecule has 0 aliphatic carbocycles. The number of likely N-dealkylation sites (N-methyl/N-ethyl adjacent to an activating group) is 1.